The van der Waals surface area contributed by atoms with Crippen molar-refractivity contribution in [1.82, 2.24) is 30.0 Å². The van der Waals surface area contributed by atoms with E-state index in [1.807, 2.05) is 6.08 Å². The molecule has 204 valence electrons. The summed E-state index contributed by atoms with van der Waals surface area (Å²) in [7, 11) is 0. The Bertz CT molecular complexity index is 1420. The van der Waals surface area contributed by atoms with Crippen LogP contribution >= 0.6 is 0 Å². The molecule has 0 saturated carbocycles. The van der Waals surface area contributed by atoms with Gasteiger partial charge in [-0.25, -0.2) is 4.98 Å². The minimum absolute atomic E-state index is 0.852. The number of rotatable bonds is 9. The van der Waals surface area contributed by atoms with Gasteiger partial charge >= 0.3 is 0 Å². The van der Waals surface area contributed by atoms with Gasteiger partial charge in [0, 0.05) is 36.6 Å². The van der Waals surface area contributed by atoms with Crippen molar-refractivity contribution in [2.45, 2.75) is 52.9 Å². The maximum absolute atomic E-state index is 5.11. The molecule has 0 bridgehead atoms. The largest absolute Gasteiger partial charge is 0.371 e. The van der Waals surface area contributed by atoms with Gasteiger partial charge in [0.25, 0.3) is 0 Å². The van der Waals surface area contributed by atoms with E-state index in [1.54, 1.807) is 0 Å². The molecule has 2 fully saturated rings. The Morgan fingerprint density at radius 3 is 2.54 bits per heavy atom. The Labute approximate surface area is 232 Å². The van der Waals surface area contributed by atoms with Crippen molar-refractivity contribution in [3.05, 3.63) is 83.8 Å². The van der Waals surface area contributed by atoms with Crippen LogP contribution in [-0.4, -0.2) is 62.7 Å². The Kier molecular flexibility index (Phi) is 8.62. The van der Waals surface area contributed by atoms with Crippen molar-refractivity contribution in [2.24, 2.45) is 0 Å². The number of likely N-dealkylation sites (tertiary alicyclic amines) is 2. The van der Waals surface area contributed by atoms with Gasteiger partial charge in [0.15, 0.2) is 0 Å². The number of fused-ring (bicyclic) bond motifs is 1. The molecule has 0 amide bonds. The quantitative estimate of drug-likeness (QED) is 0.290. The molecule has 5 rings (SSSR count). The summed E-state index contributed by atoms with van der Waals surface area (Å²) in [4.78, 5) is 13.8. The van der Waals surface area contributed by atoms with Crippen molar-refractivity contribution in [1.29, 1.82) is 0 Å². The number of aromatic amines is 2. The van der Waals surface area contributed by atoms with Gasteiger partial charge in [0.1, 0.15) is 11.2 Å². The minimum Gasteiger partial charge on any atom is -0.371 e. The highest BCUT2D eigenvalue weighted by Gasteiger charge is 2.21. The molecule has 0 atom stereocenters. The number of aryl methyl sites for hydroxylation is 1. The highest BCUT2D eigenvalue weighted by molar-refractivity contribution is 5.91. The van der Waals surface area contributed by atoms with E-state index in [0.29, 0.717) is 0 Å². The molecule has 3 aromatic rings. The number of hydrogen-bond donors (Lipinski definition) is 2. The number of hydrogen-bond acceptors (Lipinski definition) is 4. The zero-order valence-electron chi connectivity index (χ0n) is 23.8. The Balaban J connectivity index is 1.48. The molecule has 2 aliphatic rings. The minimum atomic E-state index is 0.852. The van der Waals surface area contributed by atoms with E-state index in [4.69, 9.17) is 10.1 Å². The molecular formula is C33H42N6. The summed E-state index contributed by atoms with van der Waals surface area (Å²) in [5.74, 6) is 0. The molecule has 0 aromatic carbocycles. The van der Waals surface area contributed by atoms with Crippen LogP contribution in [0.2, 0.25) is 0 Å². The summed E-state index contributed by atoms with van der Waals surface area (Å²) in [5.41, 5.74) is 10.6. The molecule has 0 unspecified atom stereocenters. The number of pyridine rings is 1. The van der Waals surface area contributed by atoms with Gasteiger partial charge in [0.2, 0.25) is 0 Å². The molecule has 39 heavy (non-hydrogen) atoms. The second-order valence-electron chi connectivity index (χ2n) is 10.7. The summed E-state index contributed by atoms with van der Waals surface area (Å²) in [6.07, 6.45) is 19.2. The third-order valence-electron chi connectivity index (χ3n) is 7.91. The van der Waals surface area contributed by atoms with Crippen LogP contribution in [0.4, 0.5) is 0 Å². The van der Waals surface area contributed by atoms with Crippen molar-refractivity contribution in [2.75, 3.05) is 32.7 Å². The number of H-pyrrole nitrogens is 2. The molecule has 2 saturated heterocycles. The number of allylic oxidation sites excluding steroid dienone is 6. The lowest BCUT2D eigenvalue weighted by atomic mass is 10.1. The molecule has 0 radical (unpaired) electrons. The lowest BCUT2D eigenvalue weighted by Gasteiger charge is -2.31. The van der Waals surface area contributed by atoms with Gasteiger partial charge in [0.05, 0.1) is 16.9 Å². The van der Waals surface area contributed by atoms with E-state index in [2.05, 4.69) is 95.8 Å². The summed E-state index contributed by atoms with van der Waals surface area (Å²) >= 11 is 0. The molecule has 6 nitrogen and oxygen atoms in total. The first-order valence-electron chi connectivity index (χ1n) is 14.5. The average molecular weight is 523 g/mol. The van der Waals surface area contributed by atoms with Crippen LogP contribution < -0.4 is 0 Å². The lowest BCUT2D eigenvalue weighted by molar-refractivity contribution is 0.326. The molecule has 2 aliphatic heterocycles. The Morgan fingerprint density at radius 2 is 1.82 bits per heavy atom. The summed E-state index contributed by atoms with van der Waals surface area (Å²) in [5, 5.41) is 7.90. The molecule has 0 aliphatic carbocycles. The average Bonchev–Trinajstić information content (AvgIpc) is 3.72. The maximum atomic E-state index is 5.11. The SMILES string of the molecule is C=C/C(=C\C(=C/C)c1ccc2[nH]nc(-c3cc(/C(=C\C=C/C)N4CCCCC4)c(C)[nH]3)c2n1)CN1CCCC1. The van der Waals surface area contributed by atoms with Crippen molar-refractivity contribution < 1.29 is 0 Å². The molecule has 3 aromatic heterocycles. The van der Waals surface area contributed by atoms with Crippen molar-refractivity contribution in [3.63, 3.8) is 0 Å². The monoisotopic (exact) mass is 522 g/mol. The van der Waals surface area contributed by atoms with Crippen LogP contribution in [0, 0.1) is 6.92 Å². The number of nitrogens with one attached hydrogen (secondary N) is 2. The van der Waals surface area contributed by atoms with Crippen LogP contribution in [0.25, 0.3) is 33.7 Å². The van der Waals surface area contributed by atoms with E-state index in [0.717, 1.165) is 59.0 Å². The Morgan fingerprint density at radius 1 is 1.05 bits per heavy atom. The van der Waals surface area contributed by atoms with Crippen molar-refractivity contribution in [3.8, 4) is 11.4 Å². The number of aromatic nitrogens is 4. The van der Waals surface area contributed by atoms with E-state index in [9.17, 15) is 0 Å². The van der Waals surface area contributed by atoms with Crippen LogP contribution in [0.5, 0.6) is 0 Å². The van der Waals surface area contributed by atoms with Gasteiger partial charge in [-0.3, -0.25) is 10.00 Å². The first-order valence-corrected chi connectivity index (χ1v) is 14.5. The van der Waals surface area contributed by atoms with Gasteiger partial charge in [-0.05, 0) is 107 Å². The zero-order chi connectivity index (χ0) is 27.2. The molecule has 0 spiro atoms. The lowest BCUT2D eigenvalue weighted by Crippen LogP contribution is -2.28. The molecule has 5 heterocycles. The van der Waals surface area contributed by atoms with E-state index < -0.39 is 0 Å². The van der Waals surface area contributed by atoms with E-state index in [1.165, 1.54) is 62.0 Å². The molecule has 6 heteroatoms. The van der Waals surface area contributed by atoms with Gasteiger partial charge in [-0.2, -0.15) is 5.10 Å². The molecular weight excluding hydrogens is 480 g/mol. The fraction of sp³-hybridized carbons (Fsp3) is 0.394. The van der Waals surface area contributed by atoms with Gasteiger partial charge in [-0.15, -0.1) is 0 Å². The standard InChI is InChI=1S/C33H42N6/c1-5-8-14-31(39-19-10-9-11-20-39)27-22-30(34-24(27)4)33-32-29(36-37-33)16-15-28(35-32)26(7-3)21-25(6-2)23-38-17-12-13-18-38/h5-8,14-16,21-22,34H,2,9-13,17-20,23H2,1,3-4H3,(H,36,37)/b8-5-,25-21+,26-7+,31-14+. The summed E-state index contributed by atoms with van der Waals surface area (Å²) < 4.78 is 0. The normalized spacial score (nSPS) is 18.1. The third-order valence-corrected chi connectivity index (χ3v) is 7.91. The number of nitrogens with zero attached hydrogens (tertiary/aromatic N) is 4. The first-order chi connectivity index (χ1) is 19.1. The Hall–Kier alpha value is -3.64. The zero-order valence-corrected chi connectivity index (χ0v) is 23.8. The second kappa shape index (κ2) is 12.5. The third kappa shape index (κ3) is 6.01. The topological polar surface area (TPSA) is 63.8 Å². The van der Waals surface area contributed by atoms with Gasteiger partial charge in [-0.1, -0.05) is 30.9 Å². The highest BCUT2D eigenvalue weighted by atomic mass is 15.2. The fourth-order valence-corrected chi connectivity index (χ4v) is 5.76. The predicted octanol–water partition coefficient (Wildman–Crippen LogP) is 7.28. The predicted molar refractivity (Wildman–Crippen MR) is 164 cm³/mol. The first kappa shape index (κ1) is 26.9. The maximum Gasteiger partial charge on any atom is 0.135 e. The van der Waals surface area contributed by atoms with Crippen LogP contribution in [0.15, 0.2) is 66.8 Å². The van der Waals surface area contributed by atoms with Crippen LogP contribution in [0.3, 0.4) is 0 Å². The van der Waals surface area contributed by atoms with E-state index in [-0.39, 0.29) is 0 Å². The summed E-state index contributed by atoms with van der Waals surface area (Å²) in [6, 6.07) is 6.40. The fourth-order valence-electron chi connectivity index (χ4n) is 5.76. The summed E-state index contributed by atoms with van der Waals surface area (Å²) in [6.45, 7) is 15.8. The smallest absolute Gasteiger partial charge is 0.135 e. The van der Waals surface area contributed by atoms with Crippen LogP contribution in [0.1, 0.15) is 62.9 Å². The van der Waals surface area contributed by atoms with Gasteiger partial charge < -0.3 is 9.88 Å². The van der Waals surface area contributed by atoms with Crippen LogP contribution in [-0.2, 0) is 0 Å². The highest BCUT2D eigenvalue weighted by Crippen LogP contribution is 2.32. The molecule has 2 N–H and O–H groups in total. The van der Waals surface area contributed by atoms with E-state index >= 15 is 0 Å². The van der Waals surface area contributed by atoms with Crippen molar-refractivity contribution >= 4 is 22.3 Å². The second-order valence-corrected chi connectivity index (χ2v) is 10.7. The number of piperidine rings is 1.